The molecule has 0 aliphatic rings. The Morgan fingerprint density at radius 2 is 1.88 bits per heavy atom. The smallest absolute Gasteiger partial charge is 0.144 e. The Morgan fingerprint density at radius 3 is 2.31 bits per heavy atom. The van der Waals surface area contributed by atoms with Gasteiger partial charge in [0.05, 0.1) is 10.8 Å². The second-order valence-corrected chi connectivity index (χ2v) is 5.52. The van der Waals surface area contributed by atoms with Crippen LogP contribution in [0.25, 0.3) is 0 Å². The lowest BCUT2D eigenvalue weighted by molar-refractivity contribution is 0.533. The lowest BCUT2D eigenvalue weighted by Gasteiger charge is -2.12. The van der Waals surface area contributed by atoms with Gasteiger partial charge in [-0.2, -0.15) is 0 Å². The third-order valence-electron chi connectivity index (χ3n) is 2.28. The van der Waals surface area contributed by atoms with Crippen LogP contribution in [0.2, 0.25) is 0 Å². The van der Waals surface area contributed by atoms with Crippen LogP contribution in [0.15, 0.2) is 17.0 Å². The van der Waals surface area contributed by atoms with E-state index in [9.17, 15) is 13.0 Å². The Balaban J connectivity index is 3.08. The standard InChI is InChI=1S/C11H15F2NOS/c1-3-4-7(2)16(15)11-9(12)5-8(14)6-10(11)13/h5-7H,3-4,14H2,1-2H3. The molecule has 2 atom stereocenters. The van der Waals surface area contributed by atoms with Crippen molar-refractivity contribution in [2.24, 2.45) is 0 Å². The predicted octanol–water partition coefficient (Wildman–Crippen LogP) is 2.84. The summed E-state index contributed by atoms with van der Waals surface area (Å²) in [5.74, 6) is -1.67. The molecule has 0 heterocycles. The Bertz CT molecular complexity index is 386. The fraction of sp³-hybridized carbons (Fsp3) is 0.455. The van der Waals surface area contributed by atoms with Gasteiger partial charge in [-0.05, 0) is 18.6 Å². The van der Waals surface area contributed by atoms with Gasteiger partial charge in [0, 0.05) is 10.9 Å². The zero-order valence-electron chi connectivity index (χ0n) is 9.30. The largest absolute Gasteiger partial charge is 0.399 e. The van der Waals surface area contributed by atoms with Gasteiger partial charge in [0.15, 0.2) is 0 Å². The van der Waals surface area contributed by atoms with E-state index in [4.69, 9.17) is 5.73 Å². The first-order valence-electron chi connectivity index (χ1n) is 5.12. The maximum absolute atomic E-state index is 13.4. The van der Waals surface area contributed by atoms with Crippen molar-refractivity contribution in [3.05, 3.63) is 23.8 Å². The molecule has 1 aromatic rings. The molecule has 2 N–H and O–H groups in total. The van der Waals surface area contributed by atoms with E-state index in [-0.39, 0.29) is 15.8 Å². The number of hydrogen-bond acceptors (Lipinski definition) is 2. The van der Waals surface area contributed by atoms with Gasteiger partial charge >= 0.3 is 0 Å². The third kappa shape index (κ3) is 2.78. The van der Waals surface area contributed by atoms with Gasteiger partial charge in [0.2, 0.25) is 0 Å². The lowest BCUT2D eigenvalue weighted by Crippen LogP contribution is -2.14. The van der Waals surface area contributed by atoms with Gasteiger partial charge in [-0.15, -0.1) is 0 Å². The topological polar surface area (TPSA) is 43.1 Å². The highest BCUT2D eigenvalue weighted by Gasteiger charge is 2.21. The van der Waals surface area contributed by atoms with E-state index < -0.39 is 22.4 Å². The van der Waals surface area contributed by atoms with Crippen molar-refractivity contribution >= 4 is 16.5 Å². The summed E-state index contributed by atoms with van der Waals surface area (Å²) in [6, 6.07) is 1.99. The number of rotatable bonds is 4. The molecule has 2 unspecified atom stereocenters. The Kier molecular flexibility index (Phi) is 4.41. The van der Waals surface area contributed by atoms with Crippen molar-refractivity contribution in [2.45, 2.75) is 36.8 Å². The van der Waals surface area contributed by atoms with E-state index >= 15 is 0 Å². The van der Waals surface area contributed by atoms with Crippen LogP contribution in [0, 0.1) is 11.6 Å². The van der Waals surface area contributed by atoms with Gasteiger partial charge < -0.3 is 5.73 Å². The minimum absolute atomic E-state index is 0.00102. The second-order valence-electron chi connectivity index (χ2n) is 3.71. The Hall–Kier alpha value is -0.970. The minimum atomic E-state index is -1.67. The molecule has 0 saturated carbocycles. The molecule has 0 bridgehead atoms. The molecule has 5 heteroatoms. The molecular formula is C11H15F2NOS. The third-order valence-corrected chi connectivity index (χ3v) is 4.04. The molecule has 0 saturated heterocycles. The Labute approximate surface area is 96.3 Å². The van der Waals surface area contributed by atoms with E-state index in [1.165, 1.54) is 0 Å². The summed E-state index contributed by atoms with van der Waals surface area (Å²) in [4.78, 5) is -0.366. The molecule has 1 rings (SSSR count). The van der Waals surface area contributed by atoms with Crippen LogP contribution in [-0.4, -0.2) is 9.46 Å². The average Bonchev–Trinajstić information content (AvgIpc) is 2.16. The van der Waals surface area contributed by atoms with Gasteiger partial charge in [-0.25, -0.2) is 8.78 Å². The van der Waals surface area contributed by atoms with E-state index in [0.717, 1.165) is 18.6 Å². The molecule has 0 radical (unpaired) electrons. The molecule has 0 aromatic heterocycles. The van der Waals surface area contributed by atoms with Crippen LogP contribution in [0.5, 0.6) is 0 Å². The number of benzene rings is 1. The van der Waals surface area contributed by atoms with Crippen molar-refractivity contribution in [3.8, 4) is 0 Å². The zero-order chi connectivity index (χ0) is 12.3. The van der Waals surface area contributed by atoms with E-state index in [2.05, 4.69) is 0 Å². The van der Waals surface area contributed by atoms with Crippen LogP contribution in [0.1, 0.15) is 26.7 Å². The summed E-state index contributed by atoms with van der Waals surface area (Å²) in [6.45, 7) is 3.65. The molecule has 16 heavy (non-hydrogen) atoms. The van der Waals surface area contributed by atoms with Gasteiger partial charge in [0.1, 0.15) is 16.5 Å². The maximum atomic E-state index is 13.4. The monoisotopic (exact) mass is 247 g/mol. The molecule has 0 spiro atoms. The average molecular weight is 247 g/mol. The SMILES string of the molecule is CCCC(C)S(=O)c1c(F)cc(N)cc1F. The fourth-order valence-corrected chi connectivity index (χ4v) is 2.84. The maximum Gasteiger partial charge on any atom is 0.144 e. The van der Waals surface area contributed by atoms with Crippen LogP contribution in [0.3, 0.4) is 0 Å². The molecule has 0 fully saturated rings. The quantitative estimate of drug-likeness (QED) is 0.831. The molecule has 1 aromatic carbocycles. The molecule has 90 valence electrons. The summed E-state index contributed by atoms with van der Waals surface area (Å²) in [5.41, 5.74) is 5.28. The first-order valence-corrected chi connectivity index (χ1v) is 6.33. The second kappa shape index (κ2) is 5.39. The van der Waals surface area contributed by atoms with Crippen molar-refractivity contribution in [1.82, 2.24) is 0 Å². The summed E-state index contributed by atoms with van der Waals surface area (Å²) >= 11 is 0. The highest BCUT2D eigenvalue weighted by Crippen LogP contribution is 2.23. The molecular weight excluding hydrogens is 232 g/mol. The van der Waals surface area contributed by atoms with Crippen molar-refractivity contribution in [1.29, 1.82) is 0 Å². The molecule has 0 aliphatic carbocycles. The van der Waals surface area contributed by atoms with Crippen LogP contribution >= 0.6 is 0 Å². The number of halogens is 2. The van der Waals surface area contributed by atoms with Crippen LogP contribution < -0.4 is 5.73 Å². The molecule has 2 nitrogen and oxygen atoms in total. The number of nitrogen functional groups attached to an aromatic ring is 1. The minimum Gasteiger partial charge on any atom is -0.399 e. The van der Waals surface area contributed by atoms with Gasteiger partial charge in [0.25, 0.3) is 0 Å². The summed E-state index contributed by atoms with van der Waals surface area (Å²) in [7, 11) is -1.67. The molecule has 0 amide bonds. The summed E-state index contributed by atoms with van der Waals surface area (Å²) in [5, 5.41) is -0.266. The summed E-state index contributed by atoms with van der Waals surface area (Å²) < 4.78 is 38.8. The fourth-order valence-electron chi connectivity index (χ4n) is 1.49. The predicted molar refractivity (Wildman–Crippen MR) is 61.5 cm³/mol. The first kappa shape index (κ1) is 13.1. The van der Waals surface area contributed by atoms with Crippen molar-refractivity contribution < 1.29 is 13.0 Å². The number of nitrogens with two attached hydrogens (primary N) is 1. The first-order chi connectivity index (χ1) is 7.47. The zero-order valence-corrected chi connectivity index (χ0v) is 10.1. The van der Waals surface area contributed by atoms with Gasteiger partial charge in [-0.1, -0.05) is 20.3 Å². The normalized spacial score (nSPS) is 14.8. The highest BCUT2D eigenvalue weighted by atomic mass is 32.2. The number of anilines is 1. The van der Waals surface area contributed by atoms with Gasteiger partial charge in [-0.3, -0.25) is 4.21 Å². The summed E-state index contributed by atoms with van der Waals surface area (Å²) in [6.07, 6.45) is 1.49. The highest BCUT2D eigenvalue weighted by molar-refractivity contribution is 7.85. The van der Waals surface area contributed by atoms with E-state index in [1.807, 2.05) is 6.92 Å². The lowest BCUT2D eigenvalue weighted by atomic mass is 10.3. The number of hydrogen-bond donors (Lipinski definition) is 1. The van der Waals surface area contributed by atoms with Crippen LogP contribution in [-0.2, 0) is 10.8 Å². The van der Waals surface area contributed by atoms with E-state index in [0.29, 0.717) is 6.42 Å². The molecule has 0 aliphatic heterocycles. The van der Waals surface area contributed by atoms with Crippen molar-refractivity contribution in [2.75, 3.05) is 5.73 Å². The van der Waals surface area contributed by atoms with E-state index in [1.54, 1.807) is 6.92 Å². The van der Waals surface area contributed by atoms with Crippen LogP contribution in [0.4, 0.5) is 14.5 Å². The van der Waals surface area contributed by atoms with Crippen molar-refractivity contribution in [3.63, 3.8) is 0 Å². The Morgan fingerprint density at radius 1 is 1.38 bits per heavy atom.